The summed E-state index contributed by atoms with van der Waals surface area (Å²) in [7, 11) is 0. The summed E-state index contributed by atoms with van der Waals surface area (Å²) in [6, 6.07) is 12.1. The monoisotopic (exact) mass is 351 g/mol. The minimum Gasteiger partial charge on any atom is -0.462 e. The Bertz CT molecular complexity index is 555. The average molecular weight is 352 g/mol. The summed E-state index contributed by atoms with van der Waals surface area (Å²) >= 11 is 3.42. The van der Waals surface area contributed by atoms with Crippen LogP contribution in [-0.4, -0.2) is 5.54 Å². The molecule has 0 saturated carbocycles. The SMILES string of the molecule is CC(C)(C)NCc1ccc(COCc2ccc(Br)cc2)o1. The molecule has 114 valence electrons. The fourth-order valence-corrected chi connectivity index (χ4v) is 2.06. The Kier molecular flexibility index (Phi) is 5.62. The van der Waals surface area contributed by atoms with Gasteiger partial charge in [0.1, 0.15) is 18.1 Å². The van der Waals surface area contributed by atoms with Crippen molar-refractivity contribution in [2.45, 2.75) is 46.1 Å². The van der Waals surface area contributed by atoms with Crippen LogP contribution in [0.5, 0.6) is 0 Å². The molecule has 0 radical (unpaired) electrons. The predicted octanol–water partition coefficient (Wildman–Crippen LogP) is 4.65. The van der Waals surface area contributed by atoms with E-state index in [1.165, 1.54) is 0 Å². The first kappa shape index (κ1) is 16.3. The molecule has 1 aromatic heterocycles. The van der Waals surface area contributed by atoms with Gasteiger partial charge in [-0.15, -0.1) is 0 Å². The van der Waals surface area contributed by atoms with E-state index in [0.29, 0.717) is 13.2 Å². The molecule has 0 aliphatic carbocycles. The Morgan fingerprint density at radius 3 is 2.33 bits per heavy atom. The van der Waals surface area contributed by atoms with Crippen molar-refractivity contribution in [3.8, 4) is 0 Å². The number of hydrogen-bond donors (Lipinski definition) is 1. The van der Waals surface area contributed by atoms with E-state index in [1.54, 1.807) is 0 Å². The molecule has 0 saturated heterocycles. The summed E-state index contributed by atoms with van der Waals surface area (Å²) in [5, 5.41) is 3.40. The van der Waals surface area contributed by atoms with Gasteiger partial charge in [-0.3, -0.25) is 0 Å². The summed E-state index contributed by atoms with van der Waals surface area (Å²) in [6.45, 7) is 8.22. The first-order valence-electron chi connectivity index (χ1n) is 7.07. The fraction of sp³-hybridized carbons (Fsp3) is 0.412. The highest BCUT2D eigenvalue weighted by molar-refractivity contribution is 9.10. The number of nitrogens with one attached hydrogen (secondary N) is 1. The van der Waals surface area contributed by atoms with Crippen LogP contribution in [0.15, 0.2) is 45.3 Å². The molecule has 0 aliphatic heterocycles. The van der Waals surface area contributed by atoms with E-state index < -0.39 is 0 Å². The molecule has 1 heterocycles. The molecule has 1 N–H and O–H groups in total. The van der Waals surface area contributed by atoms with Crippen molar-refractivity contribution in [2.24, 2.45) is 0 Å². The number of furan rings is 1. The van der Waals surface area contributed by atoms with Gasteiger partial charge in [-0.25, -0.2) is 0 Å². The Morgan fingerprint density at radius 2 is 1.67 bits per heavy atom. The molecule has 0 spiro atoms. The molecule has 0 fully saturated rings. The summed E-state index contributed by atoms with van der Waals surface area (Å²) in [4.78, 5) is 0. The molecule has 0 unspecified atom stereocenters. The van der Waals surface area contributed by atoms with Gasteiger partial charge in [0.25, 0.3) is 0 Å². The maximum Gasteiger partial charge on any atom is 0.129 e. The lowest BCUT2D eigenvalue weighted by molar-refractivity contribution is 0.0919. The second-order valence-corrected chi connectivity index (χ2v) is 7.01. The molecular weight excluding hydrogens is 330 g/mol. The van der Waals surface area contributed by atoms with E-state index in [-0.39, 0.29) is 5.54 Å². The molecule has 4 heteroatoms. The van der Waals surface area contributed by atoms with Crippen LogP contribution >= 0.6 is 15.9 Å². The smallest absolute Gasteiger partial charge is 0.129 e. The zero-order chi connectivity index (χ0) is 15.3. The molecule has 21 heavy (non-hydrogen) atoms. The lowest BCUT2D eigenvalue weighted by Crippen LogP contribution is -2.34. The van der Waals surface area contributed by atoms with Crippen LogP contribution in [0, 0.1) is 0 Å². The third-order valence-electron chi connectivity index (χ3n) is 2.94. The van der Waals surface area contributed by atoms with Gasteiger partial charge in [-0.2, -0.15) is 0 Å². The minimum atomic E-state index is 0.0883. The summed E-state index contributed by atoms with van der Waals surface area (Å²) < 4.78 is 12.5. The first-order chi connectivity index (χ1) is 9.92. The van der Waals surface area contributed by atoms with Crippen LogP contribution in [0.4, 0.5) is 0 Å². The van der Waals surface area contributed by atoms with Crippen molar-refractivity contribution in [1.82, 2.24) is 5.32 Å². The molecule has 1 aromatic carbocycles. The Morgan fingerprint density at radius 1 is 1.00 bits per heavy atom. The maximum absolute atomic E-state index is 5.74. The quantitative estimate of drug-likeness (QED) is 0.822. The third kappa shape index (κ3) is 6.04. The fourth-order valence-electron chi connectivity index (χ4n) is 1.80. The number of ether oxygens (including phenoxy) is 1. The highest BCUT2D eigenvalue weighted by atomic mass is 79.9. The van der Waals surface area contributed by atoms with E-state index >= 15 is 0 Å². The number of rotatable bonds is 6. The van der Waals surface area contributed by atoms with Gasteiger partial charge in [0.15, 0.2) is 0 Å². The second kappa shape index (κ2) is 7.25. The van der Waals surface area contributed by atoms with Crippen LogP contribution < -0.4 is 5.32 Å². The Labute approximate surface area is 134 Å². The standard InChI is InChI=1S/C17H22BrNO2/c1-17(2,3)19-10-15-8-9-16(21-15)12-20-11-13-4-6-14(18)7-5-13/h4-9,19H,10-12H2,1-3H3. The molecule has 0 atom stereocenters. The van der Waals surface area contributed by atoms with E-state index in [2.05, 4.69) is 42.0 Å². The average Bonchev–Trinajstić information content (AvgIpc) is 2.86. The van der Waals surface area contributed by atoms with E-state index in [1.807, 2.05) is 36.4 Å². The lowest BCUT2D eigenvalue weighted by atomic mass is 10.1. The minimum absolute atomic E-state index is 0.0883. The van der Waals surface area contributed by atoms with E-state index in [0.717, 1.165) is 28.1 Å². The van der Waals surface area contributed by atoms with Gasteiger partial charge in [0.2, 0.25) is 0 Å². The highest BCUT2D eigenvalue weighted by Gasteiger charge is 2.10. The van der Waals surface area contributed by atoms with Crippen molar-refractivity contribution in [1.29, 1.82) is 0 Å². The molecule has 2 aromatic rings. The van der Waals surface area contributed by atoms with Crippen LogP contribution in [0.25, 0.3) is 0 Å². The zero-order valence-electron chi connectivity index (χ0n) is 12.8. The molecule has 3 nitrogen and oxygen atoms in total. The topological polar surface area (TPSA) is 34.4 Å². The Balaban J connectivity index is 1.76. The summed E-state index contributed by atoms with van der Waals surface area (Å²) in [5.41, 5.74) is 1.24. The number of halogens is 1. The first-order valence-corrected chi connectivity index (χ1v) is 7.86. The second-order valence-electron chi connectivity index (χ2n) is 6.09. The van der Waals surface area contributed by atoms with Crippen LogP contribution in [0.2, 0.25) is 0 Å². The number of hydrogen-bond acceptors (Lipinski definition) is 3. The zero-order valence-corrected chi connectivity index (χ0v) is 14.4. The van der Waals surface area contributed by atoms with Crippen molar-refractivity contribution >= 4 is 15.9 Å². The normalized spacial score (nSPS) is 11.8. The summed E-state index contributed by atoms with van der Waals surface area (Å²) in [6.07, 6.45) is 0. The molecule has 0 bridgehead atoms. The largest absolute Gasteiger partial charge is 0.462 e. The lowest BCUT2D eigenvalue weighted by Gasteiger charge is -2.19. The van der Waals surface area contributed by atoms with Crippen LogP contribution in [0.1, 0.15) is 37.9 Å². The molecule has 0 aliphatic rings. The van der Waals surface area contributed by atoms with Crippen molar-refractivity contribution in [3.63, 3.8) is 0 Å². The van der Waals surface area contributed by atoms with Crippen molar-refractivity contribution in [3.05, 3.63) is 58.0 Å². The van der Waals surface area contributed by atoms with Gasteiger partial charge in [-0.05, 0) is 50.6 Å². The molecule has 2 rings (SSSR count). The van der Waals surface area contributed by atoms with Gasteiger partial charge >= 0.3 is 0 Å². The Hall–Kier alpha value is -1.10. The van der Waals surface area contributed by atoms with Crippen molar-refractivity contribution < 1.29 is 9.15 Å². The van der Waals surface area contributed by atoms with Crippen LogP contribution in [-0.2, 0) is 24.5 Å². The van der Waals surface area contributed by atoms with Gasteiger partial charge in [0, 0.05) is 10.0 Å². The van der Waals surface area contributed by atoms with Crippen LogP contribution in [0.3, 0.4) is 0 Å². The van der Waals surface area contributed by atoms with E-state index in [4.69, 9.17) is 9.15 Å². The number of benzene rings is 1. The predicted molar refractivity (Wildman–Crippen MR) is 87.9 cm³/mol. The van der Waals surface area contributed by atoms with Gasteiger partial charge in [-0.1, -0.05) is 28.1 Å². The van der Waals surface area contributed by atoms with Gasteiger partial charge < -0.3 is 14.5 Å². The molecular formula is C17H22BrNO2. The summed E-state index contributed by atoms with van der Waals surface area (Å²) in [5.74, 6) is 1.80. The van der Waals surface area contributed by atoms with E-state index in [9.17, 15) is 0 Å². The highest BCUT2D eigenvalue weighted by Crippen LogP contribution is 2.14. The maximum atomic E-state index is 5.74. The van der Waals surface area contributed by atoms with Gasteiger partial charge in [0.05, 0.1) is 13.2 Å². The van der Waals surface area contributed by atoms with Crippen molar-refractivity contribution in [2.75, 3.05) is 0 Å². The third-order valence-corrected chi connectivity index (χ3v) is 3.47. The molecule has 0 amide bonds.